The van der Waals surface area contributed by atoms with Crippen LogP contribution in [0.4, 0.5) is 0 Å². The number of hydrogen-bond donors (Lipinski definition) is 0. The minimum absolute atomic E-state index is 0.597. The van der Waals surface area contributed by atoms with E-state index in [1.165, 1.54) is 6.08 Å². The summed E-state index contributed by atoms with van der Waals surface area (Å²) in [7, 11) is 1.75. The van der Waals surface area contributed by atoms with Gasteiger partial charge in [0, 0.05) is 7.05 Å². The van der Waals surface area contributed by atoms with Gasteiger partial charge < -0.3 is 0 Å². The monoisotopic (exact) mass is 166 g/mol. The Labute approximate surface area is 70.1 Å². The zero-order valence-electron chi connectivity index (χ0n) is 7.27. The molecule has 0 spiro atoms. The van der Waals surface area contributed by atoms with Gasteiger partial charge in [0.2, 0.25) is 6.08 Å². The van der Waals surface area contributed by atoms with Gasteiger partial charge in [-0.2, -0.15) is 4.99 Å². The number of carbonyl (C=O) groups excluding carboxylic acids is 1. The van der Waals surface area contributed by atoms with E-state index in [0.717, 1.165) is 5.69 Å². The summed E-state index contributed by atoms with van der Waals surface area (Å²) < 4.78 is 1.58. The second-order valence-corrected chi connectivity index (χ2v) is 3.00. The molecule has 1 rings (SSSR count). The third kappa shape index (κ3) is 1.40. The van der Waals surface area contributed by atoms with E-state index in [-0.39, 0.29) is 0 Å². The molecule has 1 aromatic rings. The van der Waals surface area contributed by atoms with E-state index in [0.29, 0.717) is 0 Å². The molecule has 0 atom stereocenters. The summed E-state index contributed by atoms with van der Waals surface area (Å²) in [6.07, 6.45) is 3.11. The number of hydrogen-bond acceptors (Lipinski definition) is 4. The second-order valence-electron chi connectivity index (χ2n) is 3.00. The molecule has 0 N–H and O–H groups in total. The van der Waals surface area contributed by atoms with E-state index in [9.17, 15) is 4.79 Å². The molecule has 1 heterocycles. The van der Waals surface area contributed by atoms with E-state index >= 15 is 0 Å². The van der Waals surface area contributed by atoms with Crippen LogP contribution in [0.3, 0.4) is 0 Å². The molecule has 0 amide bonds. The number of aryl methyl sites for hydroxylation is 1. The number of nitrogens with zero attached hydrogens (tertiary/aromatic N) is 4. The van der Waals surface area contributed by atoms with Gasteiger partial charge in [0.1, 0.15) is 5.54 Å². The highest BCUT2D eigenvalue weighted by Gasteiger charge is 2.23. The maximum absolute atomic E-state index is 10.1. The Balaban J connectivity index is 3.12. The van der Waals surface area contributed by atoms with Gasteiger partial charge in [0.15, 0.2) is 0 Å². The van der Waals surface area contributed by atoms with Crippen molar-refractivity contribution < 1.29 is 4.79 Å². The highest BCUT2D eigenvalue weighted by atomic mass is 16.1. The topological polar surface area (TPSA) is 60.1 Å². The molecule has 0 bridgehead atoms. The summed E-state index contributed by atoms with van der Waals surface area (Å²) in [5, 5.41) is 7.44. The van der Waals surface area contributed by atoms with Crippen LogP contribution in [0.2, 0.25) is 0 Å². The van der Waals surface area contributed by atoms with Gasteiger partial charge >= 0.3 is 0 Å². The molecule has 0 aliphatic rings. The maximum Gasteiger partial charge on any atom is 0.235 e. The third-order valence-corrected chi connectivity index (χ3v) is 1.67. The molecular weight excluding hydrogens is 156 g/mol. The molecule has 0 saturated heterocycles. The van der Waals surface area contributed by atoms with Crippen molar-refractivity contribution in [2.24, 2.45) is 12.0 Å². The first-order valence-corrected chi connectivity index (χ1v) is 3.52. The lowest BCUT2D eigenvalue weighted by atomic mass is 10.0. The molecule has 0 saturated carbocycles. The average Bonchev–Trinajstić information content (AvgIpc) is 2.35. The van der Waals surface area contributed by atoms with Crippen LogP contribution in [0, 0.1) is 0 Å². The molecule has 1 aromatic heterocycles. The Morgan fingerprint density at radius 1 is 1.67 bits per heavy atom. The fraction of sp³-hybridized carbons (Fsp3) is 0.571. The molecule has 0 unspecified atom stereocenters. The molecule has 0 aliphatic heterocycles. The van der Waals surface area contributed by atoms with E-state index in [1.54, 1.807) is 31.8 Å². The first-order chi connectivity index (χ1) is 5.58. The molecule has 12 heavy (non-hydrogen) atoms. The van der Waals surface area contributed by atoms with Gasteiger partial charge in [-0.05, 0) is 13.8 Å². The SMILES string of the molecule is Cn1nncc1C(C)(C)N=C=O. The third-order valence-electron chi connectivity index (χ3n) is 1.67. The van der Waals surface area contributed by atoms with Gasteiger partial charge in [-0.15, -0.1) is 5.10 Å². The Morgan fingerprint density at radius 3 is 2.75 bits per heavy atom. The maximum atomic E-state index is 10.1. The van der Waals surface area contributed by atoms with Crippen molar-refractivity contribution in [3.63, 3.8) is 0 Å². The van der Waals surface area contributed by atoms with Crippen LogP contribution >= 0.6 is 0 Å². The van der Waals surface area contributed by atoms with Crippen LogP contribution in [0.5, 0.6) is 0 Å². The first kappa shape index (κ1) is 8.62. The highest BCUT2D eigenvalue weighted by molar-refractivity contribution is 5.35. The van der Waals surface area contributed by atoms with Crippen LogP contribution in [-0.4, -0.2) is 21.1 Å². The average molecular weight is 166 g/mol. The summed E-state index contributed by atoms with van der Waals surface area (Å²) in [6.45, 7) is 3.60. The fourth-order valence-electron chi connectivity index (χ4n) is 1.02. The molecular formula is C7H10N4O. The summed E-state index contributed by atoms with van der Waals surface area (Å²) in [5.74, 6) is 0. The van der Waals surface area contributed by atoms with Crippen LogP contribution in [-0.2, 0) is 17.4 Å². The standard InChI is InChI=1S/C7H10N4O/c1-7(2,8-5-12)6-4-9-10-11(6)3/h4H,1-3H3. The highest BCUT2D eigenvalue weighted by Crippen LogP contribution is 2.21. The number of aliphatic imine (C=N–C) groups is 1. The molecule has 0 fully saturated rings. The van der Waals surface area contributed by atoms with Crippen LogP contribution in [0.25, 0.3) is 0 Å². The van der Waals surface area contributed by atoms with Gasteiger partial charge in [-0.1, -0.05) is 5.21 Å². The minimum atomic E-state index is -0.597. The lowest BCUT2D eigenvalue weighted by Gasteiger charge is -2.15. The second kappa shape index (κ2) is 2.87. The van der Waals surface area contributed by atoms with Gasteiger partial charge in [-0.3, -0.25) is 0 Å². The fourth-order valence-corrected chi connectivity index (χ4v) is 1.02. The van der Waals surface area contributed by atoms with E-state index in [4.69, 9.17) is 0 Å². The summed E-state index contributed by atoms with van der Waals surface area (Å²) >= 11 is 0. The van der Waals surface area contributed by atoms with Crippen LogP contribution < -0.4 is 0 Å². The minimum Gasteiger partial charge on any atom is -0.250 e. The van der Waals surface area contributed by atoms with Crippen molar-refractivity contribution in [1.82, 2.24) is 15.0 Å². The summed E-state index contributed by atoms with van der Waals surface area (Å²) in [4.78, 5) is 13.7. The van der Waals surface area contributed by atoms with Gasteiger partial charge in [0.05, 0.1) is 11.9 Å². The lowest BCUT2D eigenvalue weighted by Crippen LogP contribution is -2.18. The number of rotatable bonds is 2. The summed E-state index contributed by atoms with van der Waals surface area (Å²) in [6, 6.07) is 0. The smallest absolute Gasteiger partial charge is 0.235 e. The van der Waals surface area contributed by atoms with Gasteiger partial charge in [0.25, 0.3) is 0 Å². The van der Waals surface area contributed by atoms with Crippen LogP contribution in [0.15, 0.2) is 11.2 Å². The Morgan fingerprint density at radius 2 is 2.33 bits per heavy atom. The van der Waals surface area contributed by atoms with Crippen molar-refractivity contribution in [3.05, 3.63) is 11.9 Å². The van der Waals surface area contributed by atoms with E-state index in [2.05, 4.69) is 15.3 Å². The molecule has 0 radical (unpaired) electrons. The Bertz CT molecular complexity index is 322. The largest absolute Gasteiger partial charge is 0.250 e. The van der Waals surface area contributed by atoms with Crippen molar-refractivity contribution in [1.29, 1.82) is 0 Å². The quantitative estimate of drug-likeness (QED) is 0.471. The van der Waals surface area contributed by atoms with Gasteiger partial charge in [-0.25, -0.2) is 9.48 Å². The Hall–Kier alpha value is -1.48. The first-order valence-electron chi connectivity index (χ1n) is 3.52. The number of isocyanates is 1. The van der Waals surface area contributed by atoms with Crippen molar-refractivity contribution in [3.8, 4) is 0 Å². The van der Waals surface area contributed by atoms with Crippen molar-refractivity contribution in [2.75, 3.05) is 0 Å². The Kier molecular flexibility index (Phi) is 2.06. The lowest BCUT2D eigenvalue weighted by molar-refractivity contribution is 0.485. The molecule has 5 heteroatoms. The molecule has 64 valence electrons. The number of aromatic nitrogens is 3. The van der Waals surface area contributed by atoms with Crippen LogP contribution in [0.1, 0.15) is 19.5 Å². The zero-order chi connectivity index (χ0) is 9.19. The van der Waals surface area contributed by atoms with Crippen molar-refractivity contribution in [2.45, 2.75) is 19.4 Å². The molecule has 5 nitrogen and oxygen atoms in total. The zero-order valence-corrected chi connectivity index (χ0v) is 7.27. The van der Waals surface area contributed by atoms with E-state index < -0.39 is 5.54 Å². The normalized spacial score (nSPS) is 10.9. The predicted octanol–water partition coefficient (Wildman–Crippen LogP) is 0.386. The van der Waals surface area contributed by atoms with E-state index in [1.807, 2.05) is 0 Å². The predicted molar refractivity (Wildman–Crippen MR) is 42.2 cm³/mol. The summed E-state index contributed by atoms with van der Waals surface area (Å²) in [5.41, 5.74) is 0.186. The molecule has 0 aliphatic carbocycles. The molecule has 0 aromatic carbocycles. The van der Waals surface area contributed by atoms with Crippen molar-refractivity contribution >= 4 is 6.08 Å².